The van der Waals surface area contributed by atoms with Crippen molar-refractivity contribution in [3.05, 3.63) is 27.9 Å². The molecule has 2 rings (SSSR count). The van der Waals surface area contributed by atoms with Crippen LogP contribution in [0.2, 0.25) is 10.0 Å². The molecule has 0 saturated heterocycles. The van der Waals surface area contributed by atoms with E-state index in [4.69, 9.17) is 33.0 Å². The lowest BCUT2D eigenvalue weighted by Crippen LogP contribution is -2.02. The minimum atomic E-state index is -0.0365. The van der Waals surface area contributed by atoms with Crippen molar-refractivity contribution < 1.29 is 9.84 Å². The maximum atomic E-state index is 8.75. The Morgan fingerprint density at radius 1 is 1.44 bits per heavy atom. The van der Waals surface area contributed by atoms with Gasteiger partial charge >= 0.3 is 0 Å². The lowest BCUT2D eigenvalue weighted by molar-refractivity contribution is 0.203. The van der Waals surface area contributed by atoms with Crippen LogP contribution in [0, 0.1) is 6.92 Å². The molecule has 3 nitrogen and oxygen atoms in total. The first-order valence-corrected chi connectivity index (χ1v) is 5.60. The molecule has 0 saturated carbocycles. The molecule has 0 aliphatic rings. The lowest BCUT2D eigenvalue weighted by atomic mass is 10.2. The fraction of sp³-hybridized carbons (Fsp3) is 0.273. The Morgan fingerprint density at radius 3 is 2.88 bits per heavy atom. The van der Waals surface area contributed by atoms with Crippen LogP contribution in [0.1, 0.15) is 5.56 Å². The summed E-state index contributed by atoms with van der Waals surface area (Å²) in [6, 6.07) is 1.67. The van der Waals surface area contributed by atoms with Gasteiger partial charge in [0.25, 0.3) is 0 Å². The summed E-state index contributed by atoms with van der Waals surface area (Å²) in [4.78, 5) is 3.05. The lowest BCUT2D eigenvalue weighted by Gasteiger charge is -2.08. The second-order valence-electron chi connectivity index (χ2n) is 3.46. The number of aliphatic hydroxyl groups excluding tert-OH is 1. The number of aromatic nitrogens is 1. The summed E-state index contributed by atoms with van der Waals surface area (Å²) in [6.45, 7) is 2.15. The molecule has 0 aliphatic carbocycles. The number of aliphatic hydroxyl groups is 1. The Hall–Kier alpha value is -0.900. The third kappa shape index (κ3) is 1.86. The highest BCUT2D eigenvalue weighted by atomic mass is 35.5. The van der Waals surface area contributed by atoms with Crippen molar-refractivity contribution in [1.29, 1.82) is 0 Å². The monoisotopic (exact) mass is 259 g/mol. The van der Waals surface area contributed by atoms with E-state index in [0.29, 0.717) is 15.8 Å². The number of aromatic amines is 1. The Morgan fingerprint density at radius 2 is 2.19 bits per heavy atom. The van der Waals surface area contributed by atoms with Gasteiger partial charge in [-0.05, 0) is 12.5 Å². The van der Waals surface area contributed by atoms with Crippen LogP contribution in [0.15, 0.2) is 12.3 Å². The van der Waals surface area contributed by atoms with E-state index in [0.717, 1.165) is 16.5 Å². The van der Waals surface area contributed by atoms with Crippen molar-refractivity contribution in [2.24, 2.45) is 0 Å². The summed E-state index contributed by atoms with van der Waals surface area (Å²) in [7, 11) is 0. The van der Waals surface area contributed by atoms with Crippen LogP contribution in [0.4, 0.5) is 0 Å². The van der Waals surface area contributed by atoms with Gasteiger partial charge in [-0.25, -0.2) is 0 Å². The van der Waals surface area contributed by atoms with E-state index in [1.807, 2.05) is 13.1 Å². The minimum absolute atomic E-state index is 0.0365. The highest BCUT2D eigenvalue weighted by molar-refractivity contribution is 6.45. The van der Waals surface area contributed by atoms with Gasteiger partial charge in [-0.3, -0.25) is 0 Å². The summed E-state index contributed by atoms with van der Waals surface area (Å²) >= 11 is 12.1. The van der Waals surface area contributed by atoms with Crippen LogP contribution in [-0.4, -0.2) is 23.3 Å². The van der Waals surface area contributed by atoms with E-state index < -0.39 is 0 Å². The quantitative estimate of drug-likeness (QED) is 0.890. The Balaban J connectivity index is 2.62. The number of benzene rings is 1. The van der Waals surface area contributed by atoms with Crippen molar-refractivity contribution in [1.82, 2.24) is 4.98 Å². The van der Waals surface area contributed by atoms with Gasteiger partial charge in [0, 0.05) is 17.6 Å². The summed E-state index contributed by atoms with van der Waals surface area (Å²) in [6.07, 6.45) is 1.85. The number of halogens is 2. The van der Waals surface area contributed by atoms with Crippen molar-refractivity contribution in [2.75, 3.05) is 13.2 Å². The van der Waals surface area contributed by atoms with Gasteiger partial charge in [0.05, 0.1) is 22.2 Å². The standard InChI is InChI=1S/C11H11Cl2NO2/c1-6-5-14-11-9(6)8(16-3-2-15)4-7(12)10(11)13/h4-5,14-15H,2-3H2,1H3. The molecule has 0 atom stereocenters. The zero-order chi connectivity index (χ0) is 11.7. The molecule has 0 fully saturated rings. The van der Waals surface area contributed by atoms with Gasteiger partial charge < -0.3 is 14.8 Å². The van der Waals surface area contributed by atoms with Crippen molar-refractivity contribution in [3.8, 4) is 5.75 Å². The maximum Gasteiger partial charge on any atom is 0.130 e. The van der Waals surface area contributed by atoms with Gasteiger partial charge in [-0.15, -0.1) is 0 Å². The molecule has 2 N–H and O–H groups in total. The number of hydrogen-bond donors (Lipinski definition) is 2. The molecule has 5 heteroatoms. The van der Waals surface area contributed by atoms with Gasteiger partial charge in [-0.1, -0.05) is 23.2 Å². The molecule has 0 bridgehead atoms. The molecular weight excluding hydrogens is 249 g/mol. The largest absolute Gasteiger partial charge is 0.490 e. The second-order valence-corrected chi connectivity index (χ2v) is 4.25. The van der Waals surface area contributed by atoms with Crippen molar-refractivity contribution in [3.63, 3.8) is 0 Å². The zero-order valence-corrected chi connectivity index (χ0v) is 10.2. The topological polar surface area (TPSA) is 45.2 Å². The van der Waals surface area contributed by atoms with E-state index in [2.05, 4.69) is 4.98 Å². The first kappa shape index (κ1) is 11.6. The molecule has 1 aromatic carbocycles. The number of nitrogens with one attached hydrogen (secondary N) is 1. The maximum absolute atomic E-state index is 8.75. The molecule has 0 unspecified atom stereocenters. The SMILES string of the molecule is Cc1c[nH]c2c(Cl)c(Cl)cc(OCCO)c12. The Kier molecular flexibility index (Phi) is 3.28. The number of rotatable bonds is 3. The van der Waals surface area contributed by atoms with E-state index in [9.17, 15) is 0 Å². The molecule has 0 radical (unpaired) electrons. The molecule has 2 aromatic rings. The van der Waals surface area contributed by atoms with Crippen LogP contribution >= 0.6 is 23.2 Å². The number of H-pyrrole nitrogens is 1. The molecule has 0 spiro atoms. The van der Waals surface area contributed by atoms with Gasteiger partial charge in [-0.2, -0.15) is 0 Å². The molecule has 1 aromatic heterocycles. The Bertz CT molecular complexity index is 522. The first-order chi connectivity index (χ1) is 7.65. The van der Waals surface area contributed by atoms with E-state index in [1.54, 1.807) is 6.07 Å². The first-order valence-electron chi connectivity index (χ1n) is 4.84. The molecule has 1 heterocycles. The van der Waals surface area contributed by atoms with Gasteiger partial charge in [0.15, 0.2) is 0 Å². The minimum Gasteiger partial charge on any atom is -0.490 e. The third-order valence-electron chi connectivity index (χ3n) is 2.36. The van der Waals surface area contributed by atoms with Crippen LogP contribution in [-0.2, 0) is 0 Å². The average Bonchev–Trinajstić information content (AvgIpc) is 2.64. The predicted octanol–water partition coefficient (Wildman–Crippen LogP) is 3.15. The molecule has 86 valence electrons. The number of fused-ring (bicyclic) bond motifs is 1. The van der Waals surface area contributed by atoms with Crippen LogP contribution in [0.5, 0.6) is 5.75 Å². The van der Waals surface area contributed by atoms with Crippen LogP contribution in [0.25, 0.3) is 10.9 Å². The molecule has 16 heavy (non-hydrogen) atoms. The van der Waals surface area contributed by atoms with Crippen molar-refractivity contribution >= 4 is 34.1 Å². The van der Waals surface area contributed by atoms with Gasteiger partial charge in [0.1, 0.15) is 12.4 Å². The van der Waals surface area contributed by atoms with Gasteiger partial charge in [0.2, 0.25) is 0 Å². The highest BCUT2D eigenvalue weighted by Crippen LogP contribution is 2.38. The summed E-state index contributed by atoms with van der Waals surface area (Å²) in [5.74, 6) is 0.636. The molecule has 0 amide bonds. The van der Waals surface area contributed by atoms with E-state index in [-0.39, 0.29) is 13.2 Å². The summed E-state index contributed by atoms with van der Waals surface area (Å²) in [5, 5.41) is 10.6. The fourth-order valence-electron chi connectivity index (χ4n) is 1.65. The van der Waals surface area contributed by atoms with Crippen molar-refractivity contribution in [2.45, 2.75) is 6.92 Å². The summed E-state index contributed by atoms with van der Waals surface area (Å²) in [5.41, 5.74) is 1.79. The highest BCUT2D eigenvalue weighted by Gasteiger charge is 2.13. The fourth-order valence-corrected chi connectivity index (χ4v) is 2.05. The predicted molar refractivity (Wildman–Crippen MR) is 65.6 cm³/mol. The van der Waals surface area contributed by atoms with E-state index >= 15 is 0 Å². The normalized spacial score (nSPS) is 11.0. The molecular formula is C11H11Cl2NO2. The van der Waals surface area contributed by atoms with E-state index in [1.165, 1.54) is 0 Å². The smallest absolute Gasteiger partial charge is 0.130 e. The van der Waals surface area contributed by atoms with Crippen LogP contribution in [0.3, 0.4) is 0 Å². The zero-order valence-electron chi connectivity index (χ0n) is 8.68. The number of hydrogen-bond acceptors (Lipinski definition) is 2. The van der Waals surface area contributed by atoms with Crippen LogP contribution < -0.4 is 4.74 Å². The number of aryl methyl sites for hydroxylation is 1. The molecule has 0 aliphatic heterocycles. The second kappa shape index (κ2) is 4.53. The average molecular weight is 260 g/mol. The number of ether oxygens (including phenoxy) is 1. The summed E-state index contributed by atoms with van der Waals surface area (Å²) < 4.78 is 5.43. The third-order valence-corrected chi connectivity index (χ3v) is 3.15. The Labute approximate surface area is 103 Å².